The van der Waals surface area contributed by atoms with Crippen molar-refractivity contribution in [3.63, 3.8) is 0 Å². The summed E-state index contributed by atoms with van der Waals surface area (Å²) in [6.45, 7) is -1.53. The van der Waals surface area contributed by atoms with Gasteiger partial charge in [-0.2, -0.15) is 14.0 Å². The van der Waals surface area contributed by atoms with Crippen LogP contribution in [0.25, 0.3) is 0 Å². The van der Waals surface area contributed by atoms with Crippen molar-refractivity contribution >= 4 is 17.6 Å². The highest BCUT2D eigenvalue weighted by atomic mass is 19.3. The number of esters is 2. The number of benzene rings is 2. The van der Waals surface area contributed by atoms with E-state index >= 15 is 0 Å². The molecule has 1 aliphatic rings. The summed E-state index contributed by atoms with van der Waals surface area (Å²) < 4.78 is 40.9. The smallest absolute Gasteiger partial charge is 0.387 e. The molecule has 0 radical (unpaired) electrons. The van der Waals surface area contributed by atoms with Gasteiger partial charge >= 0.3 is 18.6 Å². The third-order valence-electron chi connectivity index (χ3n) is 5.18. The normalized spacial score (nSPS) is 15.8. The standard InChI is InChI=1S/C24H21F2N3O5/c1-13-9-10-16(17(11-13)34-24(25)26)29-20(23(31)33-3)19(22(30)32-2)18(15(12-27)21(29)28)14-7-5-4-6-8-14/h4-11,18,24H,28H2,1-3H3. The highest BCUT2D eigenvalue weighted by Gasteiger charge is 2.43. The first kappa shape index (κ1) is 24.3. The van der Waals surface area contributed by atoms with Crippen LogP contribution in [0.15, 0.2) is 71.2 Å². The van der Waals surface area contributed by atoms with Gasteiger partial charge < -0.3 is 19.9 Å². The van der Waals surface area contributed by atoms with Crippen molar-refractivity contribution < 1.29 is 32.6 Å². The van der Waals surface area contributed by atoms with Crippen LogP contribution in [0.3, 0.4) is 0 Å². The molecule has 10 heteroatoms. The Labute approximate surface area is 194 Å². The fourth-order valence-electron chi connectivity index (χ4n) is 3.76. The van der Waals surface area contributed by atoms with Gasteiger partial charge in [0, 0.05) is 0 Å². The summed E-state index contributed by atoms with van der Waals surface area (Å²) in [5.74, 6) is -3.58. The van der Waals surface area contributed by atoms with E-state index in [-0.39, 0.29) is 34.1 Å². The van der Waals surface area contributed by atoms with Crippen LogP contribution in [0.5, 0.6) is 5.75 Å². The summed E-state index contributed by atoms with van der Waals surface area (Å²) >= 11 is 0. The molecule has 1 unspecified atom stereocenters. The molecule has 0 saturated heterocycles. The molecule has 0 aliphatic carbocycles. The van der Waals surface area contributed by atoms with E-state index in [0.717, 1.165) is 19.1 Å². The minimum absolute atomic E-state index is 0.0931. The molecule has 8 nitrogen and oxygen atoms in total. The molecule has 0 amide bonds. The lowest BCUT2D eigenvalue weighted by molar-refractivity contribution is -0.139. The predicted octanol–water partition coefficient (Wildman–Crippen LogP) is 3.49. The second-order valence-electron chi connectivity index (χ2n) is 7.18. The molecule has 0 aromatic heterocycles. The van der Waals surface area contributed by atoms with Crippen LogP contribution in [0, 0.1) is 18.3 Å². The number of carbonyl (C=O) groups excluding carboxylic acids is 2. The van der Waals surface area contributed by atoms with Crippen molar-refractivity contribution in [2.45, 2.75) is 19.5 Å². The van der Waals surface area contributed by atoms with Crippen molar-refractivity contribution in [1.29, 1.82) is 5.26 Å². The average molecular weight is 469 g/mol. The molecule has 2 aromatic carbocycles. The summed E-state index contributed by atoms with van der Waals surface area (Å²) in [6, 6.07) is 14.7. The van der Waals surface area contributed by atoms with Crippen molar-refractivity contribution in [2.24, 2.45) is 5.73 Å². The van der Waals surface area contributed by atoms with Gasteiger partial charge in [-0.05, 0) is 30.2 Å². The monoisotopic (exact) mass is 469 g/mol. The summed E-state index contributed by atoms with van der Waals surface area (Å²) in [6.07, 6.45) is 0. The predicted molar refractivity (Wildman–Crippen MR) is 117 cm³/mol. The van der Waals surface area contributed by atoms with Crippen molar-refractivity contribution in [1.82, 2.24) is 0 Å². The SMILES string of the molecule is COC(=O)C1=C(C(=O)OC)N(c2ccc(C)cc2OC(F)F)C(N)=C(C#N)C1c1ccccc1. The van der Waals surface area contributed by atoms with E-state index in [9.17, 15) is 23.6 Å². The Kier molecular flexibility index (Phi) is 7.16. The lowest BCUT2D eigenvalue weighted by Crippen LogP contribution is -2.41. The van der Waals surface area contributed by atoms with Crippen LogP contribution in [-0.4, -0.2) is 32.8 Å². The number of rotatable bonds is 6. The van der Waals surface area contributed by atoms with Crippen LogP contribution >= 0.6 is 0 Å². The minimum Gasteiger partial charge on any atom is -0.466 e. The van der Waals surface area contributed by atoms with E-state index in [1.165, 1.54) is 12.1 Å². The fourth-order valence-corrected chi connectivity index (χ4v) is 3.76. The van der Waals surface area contributed by atoms with E-state index in [0.29, 0.717) is 11.1 Å². The maximum absolute atomic E-state index is 13.2. The number of nitrogens with two attached hydrogens (primary N) is 1. The first-order chi connectivity index (χ1) is 16.2. The van der Waals surface area contributed by atoms with Crippen LogP contribution in [0.2, 0.25) is 0 Å². The van der Waals surface area contributed by atoms with Gasteiger partial charge in [0.25, 0.3) is 0 Å². The molecule has 1 aliphatic heterocycles. The summed E-state index contributed by atoms with van der Waals surface area (Å²) in [5.41, 5.74) is 6.61. The Hall–Kier alpha value is -4.39. The average Bonchev–Trinajstić information content (AvgIpc) is 2.83. The third kappa shape index (κ3) is 4.41. The Morgan fingerprint density at radius 1 is 1.09 bits per heavy atom. The zero-order chi connectivity index (χ0) is 25.0. The number of anilines is 1. The number of allylic oxidation sites excluding steroid dienone is 1. The second kappa shape index (κ2) is 10.0. The first-order valence-electron chi connectivity index (χ1n) is 9.96. The van der Waals surface area contributed by atoms with Gasteiger partial charge in [-0.1, -0.05) is 36.4 Å². The van der Waals surface area contributed by atoms with Crippen LogP contribution in [0.1, 0.15) is 17.0 Å². The van der Waals surface area contributed by atoms with Gasteiger partial charge in [-0.3, -0.25) is 4.90 Å². The number of aryl methyl sites for hydroxylation is 1. The summed E-state index contributed by atoms with van der Waals surface area (Å²) in [7, 11) is 2.20. The Morgan fingerprint density at radius 2 is 1.74 bits per heavy atom. The lowest BCUT2D eigenvalue weighted by atomic mass is 9.81. The molecule has 0 saturated carbocycles. The minimum atomic E-state index is -3.19. The van der Waals surface area contributed by atoms with Crippen molar-refractivity contribution in [2.75, 3.05) is 19.1 Å². The van der Waals surface area contributed by atoms with E-state index in [1.54, 1.807) is 43.3 Å². The molecule has 1 heterocycles. The zero-order valence-electron chi connectivity index (χ0n) is 18.5. The fraction of sp³-hybridized carbons (Fsp3) is 0.208. The number of carbonyl (C=O) groups is 2. The number of alkyl halides is 2. The first-order valence-corrected chi connectivity index (χ1v) is 9.96. The van der Waals surface area contributed by atoms with Gasteiger partial charge in [-0.15, -0.1) is 0 Å². The molecule has 2 aromatic rings. The molecule has 2 N–H and O–H groups in total. The largest absolute Gasteiger partial charge is 0.466 e. The molecule has 0 bridgehead atoms. The topological polar surface area (TPSA) is 115 Å². The summed E-state index contributed by atoms with van der Waals surface area (Å²) in [4.78, 5) is 27.0. The number of halogens is 2. The van der Waals surface area contributed by atoms with Gasteiger partial charge in [0.05, 0.1) is 43.0 Å². The Morgan fingerprint density at radius 3 is 2.29 bits per heavy atom. The number of hydrogen-bond donors (Lipinski definition) is 1. The van der Waals surface area contributed by atoms with Gasteiger partial charge in [0.15, 0.2) is 0 Å². The van der Waals surface area contributed by atoms with Gasteiger partial charge in [0.2, 0.25) is 0 Å². The highest BCUT2D eigenvalue weighted by molar-refractivity contribution is 6.06. The zero-order valence-corrected chi connectivity index (χ0v) is 18.5. The van der Waals surface area contributed by atoms with Crippen molar-refractivity contribution in [3.8, 4) is 11.8 Å². The Balaban J connectivity index is 2.43. The highest BCUT2D eigenvalue weighted by Crippen LogP contribution is 2.45. The quantitative estimate of drug-likeness (QED) is 0.640. The molecular weight excluding hydrogens is 448 g/mol. The molecule has 3 rings (SSSR count). The van der Waals surface area contributed by atoms with E-state index in [1.807, 2.05) is 6.07 Å². The molecule has 1 atom stereocenters. The number of hydrogen-bond acceptors (Lipinski definition) is 8. The van der Waals surface area contributed by atoms with E-state index in [4.69, 9.17) is 15.2 Å². The maximum Gasteiger partial charge on any atom is 0.387 e. The van der Waals surface area contributed by atoms with E-state index in [2.05, 4.69) is 4.74 Å². The molecule has 0 fully saturated rings. The second-order valence-corrected chi connectivity index (χ2v) is 7.18. The Bertz CT molecular complexity index is 1220. The van der Waals surface area contributed by atoms with Crippen molar-refractivity contribution in [3.05, 3.63) is 82.3 Å². The lowest BCUT2D eigenvalue weighted by Gasteiger charge is -2.36. The number of nitriles is 1. The molecular formula is C24H21F2N3O5. The van der Waals surface area contributed by atoms with E-state index < -0.39 is 24.5 Å². The number of nitrogens with zero attached hydrogens (tertiary/aromatic N) is 2. The number of ether oxygens (including phenoxy) is 3. The summed E-state index contributed by atoms with van der Waals surface area (Å²) in [5, 5.41) is 10.0. The number of methoxy groups -OCH3 is 2. The van der Waals surface area contributed by atoms with Gasteiger partial charge in [0.1, 0.15) is 17.3 Å². The molecule has 0 spiro atoms. The third-order valence-corrected chi connectivity index (χ3v) is 5.18. The molecule has 176 valence electrons. The van der Waals surface area contributed by atoms with Crippen LogP contribution in [0.4, 0.5) is 14.5 Å². The molecule has 34 heavy (non-hydrogen) atoms. The van der Waals surface area contributed by atoms with Gasteiger partial charge in [-0.25, -0.2) is 9.59 Å². The maximum atomic E-state index is 13.2. The van der Waals surface area contributed by atoms with Crippen LogP contribution < -0.4 is 15.4 Å². The van der Waals surface area contributed by atoms with Crippen LogP contribution in [-0.2, 0) is 19.1 Å².